The summed E-state index contributed by atoms with van der Waals surface area (Å²) in [4.78, 5) is 28.9. The summed E-state index contributed by atoms with van der Waals surface area (Å²) in [6, 6.07) is 21.1. The van der Waals surface area contributed by atoms with Gasteiger partial charge in [-0.1, -0.05) is 54.6 Å². The van der Waals surface area contributed by atoms with E-state index in [0.29, 0.717) is 12.8 Å². The van der Waals surface area contributed by atoms with Gasteiger partial charge in [-0.05, 0) is 23.3 Å². The van der Waals surface area contributed by atoms with Crippen LogP contribution in [0.5, 0.6) is 0 Å². The first-order chi connectivity index (χ1) is 14.5. The Morgan fingerprint density at radius 3 is 2.17 bits per heavy atom. The van der Waals surface area contributed by atoms with Crippen molar-refractivity contribution in [3.05, 3.63) is 101 Å². The van der Waals surface area contributed by atoms with Gasteiger partial charge in [-0.15, -0.1) is 0 Å². The molecular formula is C25H23NO4. The number of carbonyl (C=O) groups excluding carboxylic acids is 2. The van der Waals surface area contributed by atoms with Crippen LogP contribution in [-0.4, -0.2) is 22.5 Å². The lowest BCUT2D eigenvalue weighted by molar-refractivity contribution is -0.201. The van der Waals surface area contributed by atoms with Crippen molar-refractivity contribution in [2.24, 2.45) is 0 Å². The van der Waals surface area contributed by atoms with Gasteiger partial charge in [0.15, 0.2) is 5.60 Å². The molecule has 0 bridgehead atoms. The molecule has 0 aliphatic heterocycles. The Balaban J connectivity index is 2.03. The maximum atomic E-state index is 12.4. The summed E-state index contributed by atoms with van der Waals surface area (Å²) in [5.41, 5.74) is 1.11. The summed E-state index contributed by atoms with van der Waals surface area (Å²) in [5.74, 6) is -0.869. The van der Waals surface area contributed by atoms with Gasteiger partial charge >= 0.3 is 11.9 Å². The molecule has 0 fully saturated rings. The van der Waals surface area contributed by atoms with Gasteiger partial charge in [0.25, 0.3) is 0 Å². The van der Waals surface area contributed by atoms with E-state index in [4.69, 9.17) is 9.47 Å². The molecule has 152 valence electrons. The van der Waals surface area contributed by atoms with Crippen LogP contribution in [0.1, 0.15) is 36.1 Å². The monoisotopic (exact) mass is 401 g/mol. The topological polar surface area (TPSA) is 65.5 Å². The predicted octanol–water partition coefficient (Wildman–Crippen LogP) is 3.99. The first-order valence-electron chi connectivity index (χ1n) is 9.89. The van der Waals surface area contributed by atoms with Crippen LogP contribution in [0.15, 0.2) is 79.1 Å². The van der Waals surface area contributed by atoms with Crippen molar-refractivity contribution in [1.29, 1.82) is 0 Å². The second-order valence-electron chi connectivity index (χ2n) is 7.59. The number of benzene rings is 2. The minimum Gasteiger partial charge on any atom is -0.453 e. The maximum Gasteiger partial charge on any atom is 0.304 e. The van der Waals surface area contributed by atoms with E-state index in [1.54, 1.807) is 12.4 Å². The number of rotatable bonds is 5. The van der Waals surface area contributed by atoms with Crippen molar-refractivity contribution >= 4 is 11.9 Å². The molecule has 4 rings (SSSR count). The molecule has 0 saturated heterocycles. The zero-order valence-corrected chi connectivity index (χ0v) is 17.0. The second kappa shape index (κ2) is 7.75. The molecule has 5 heteroatoms. The molecule has 2 atom stereocenters. The molecule has 0 N–H and O–H groups in total. The predicted molar refractivity (Wildman–Crippen MR) is 112 cm³/mol. The molecule has 1 aromatic heterocycles. The third-order valence-corrected chi connectivity index (χ3v) is 5.57. The quantitative estimate of drug-likeness (QED) is 0.605. The lowest BCUT2D eigenvalue weighted by atomic mass is 9.74. The Morgan fingerprint density at radius 1 is 0.867 bits per heavy atom. The molecule has 0 spiro atoms. The van der Waals surface area contributed by atoms with Gasteiger partial charge in [0.1, 0.15) is 0 Å². The zero-order valence-electron chi connectivity index (χ0n) is 17.0. The highest BCUT2D eigenvalue weighted by atomic mass is 16.6. The molecule has 2 unspecified atom stereocenters. The number of carbonyl (C=O) groups is 2. The van der Waals surface area contributed by atoms with Crippen LogP contribution >= 0.6 is 0 Å². The van der Waals surface area contributed by atoms with Gasteiger partial charge < -0.3 is 9.47 Å². The summed E-state index contributed by atoms with van der Waals surface area (Å²) < 4.78 is 12.3. The molecule has 0 amide bonds. The average molecular weight is 401 g/mol. The van der Waals surface area contributed by atoms with Crippen LogP contribution in [0.2, 0.25) is 0 Å². The van der Waals surface area contributed by atoms with Crippen LogP contribution in [0.3, 0.4) is 0 Å². The smallest absolute Gasteiger partial charge is 0.304 e. The highest BCUT2D eigenvalue weighted by Gasteiger charge is 2.64. The molecule has 3 aromatic rings. The van der Waals surface area contributed by atoms with Crippen molar-refractivity contribution in [3.63, 3.8) is 0 Å². The number of hydrogen-bond acceptors (Lipinski definition) is 5. The van der Waals surface area contributed by atoms with Gasteiger partial charge in [0, 0.05) is 50.2 Å². The van der Waals surface area contributed by atoms with Crippen LogP contribution in [-0.2, 0) is 37.5 Å². The SMILES string of the molecule is CC(=O)OC1(Cc2ccncc2)Cc2ccccc2C1(OC(C)=O)c1ccccc1. The summed E-state index contributed by atoms with van der Waals surface area (Å²) in [6.07, 6.45) is 4.20. The van der Waals surface area contributed by atoms with Crippen LogP contribution in [0.25, 0.3) is 0 Å². The molecule has 2 aromatic carbocycles. The molecule has 1 heterocycles. The molecular weight excluding hydrogens is 378 g/mol. The van der Waals surface area contributed by atoms with E-state index in [0.717, 1.165) is 22.3 Å². The molecule has 0 radical (unpaired) electrons. The van der Waals surface area contributed by atoms with Gasteiger partial charge in [0.05, 0.1) is 0 Å². The van der Waals surface area contributed by atoms with E-state index in [1.807, 2.05) is 66.7 Å². The Kier molecular flexibility index (Phi) is 5.12. The summed E-state index contributed by atoms with van der Waals surface area (Å²) in [6.45, 7) is 2.78. The zero-order chi connectivity index (χ0) is 21.2. The fourth-order valence-electron chi connectivity index (χ4n) is 4.65. The standard InChI is InChI=1S/C25H23NO4/c1-18(27)29-24(16-20-12-14-26-15-13-20)17-21-8-6-7-11-23(21)25(24,30-19(2)28)22-9-4-3-5-10-22/h3-15H,16-17H2,1-2H3. The van der Waals surface area contributed by atoms with E-state index in [1.165, 1.54) is 13.8 Å². The van der Waals surface area contributed by atoms with Crippen molar-refractivity contribution in [1.82, 2.24) is 4.98 Å². The Bertz CT molecular complexity index is 1070. The Hall–Kier alpha value is -3.47. The molecule has 0 saturated carbocycles. The Morgan fingerprint density at radius 2 is 1.50 bits per heavy atom. The van der Waals surface area contributed by atoms with Crippen LogP contribution in [0, 0.1) is 0 Å². The number of esters is 2. The number of pyridine rings is 1. The molecule has 5 nitrogen and oxygen atoms in total. The van der Waals surface area contributed by atoms with Gasteiger partial charge in [-0.3, -0.25) is 14.6 Å². The highest BCUT2D eigenvalue weighted by Crippen LogP contribution is 2.54. The van der Waals surface area contributed by atoms with E-state index in [-0.39, 0.29) is 0 Å². The van der Waals surface area contributed by atoms with Crippen molar-refractivity contribution in [2.75, 3.05) is 0 Å². The van der Waals surface area contributed by atoms with Crippen molar-refractivity contribution < 1.29 is 19.1 Å². The fourth-order valence-corrected chi connectivity index (χ4v) is 4.65. The van der Waals surface area contributed by atoms with Gasteiger partial charge in [-0.25, -0.2) is 0 Å². The average Bonchev–Trinajstić information content (AvgIpc) is 2.98. The third-order valence-electron chi connectivity index (χ3n) is 5.57. The maximum absolute atomic E-state index is 12.4. The first kappa shape index (κ1) is 19.8. The minimum atomic E-state index is -1.27. The summed E-state index contributed by atoms with van der Waals surface area (Å²) >= 11 is 0. The van der Waals surface area contributed by atoms with Crippen molar-refractivity contribution in [2.45, 2.75) is 37.9 Å². The van der Waals surface area contributed by atoms with Crippen LogP contribution < -0.4 is 0 Å². The largest absolute Gasteiger partial charge is 0.453 e. The fraction of sp³-hybridized carbons (Fsp3) is 0.240. The number of fused-ring (bicyclic) bond motifs is 1. The number of ether oxygens (including phenoxy) is 2. The molecule has 30 heavy (non-hydrogen) atoms. The lowest BCUT2D eigenvalue weighted by Gasteiger charge is -2.45. The third kappa shape index (κ3) is 3.26. The molecule has 1 aliphatic carbocycles. The van der Waals surface area contributed by atoms with Gasteiger partial charge in [-0.2, -0.15) is 0 Å². The van der Waals surface area contributed by atoms with E-state index < -0.39 is 23.1 Å². The second-order valence-corrected chi connectivity index (χ2v) is 7.59. The summed E-state index contributed by atoms with van der Waals surface area (Å²) in [5, 5.41) is 0. The molecule has 1 aliphatic rings. The summed E-state index contributed by atoms with van der Waals surface area (Å²) in [7, 11) is 0. The van der Waals surface area contributed by atoms with Crippen LogP contribution in [0.4, 0.5) is 0 Å². The van der Waals surface area contributed by atoms with Crippen molar-refractivity contribution in [3.8, 4) is 0 Å². The first-order valence-corrected chi connectivity index (χ1v) is 9.89. The lowest BCUT2D eigenvalue weighted by Crippen LogP contribution is -2.56. The normalized spacial score (nSPS) is 22.2. The number of nitrogens with zero attached hydrogens (tertiary/aromatic N) is 1. The number of aromatic nitrogens is 1. The Labute approximate surface area is 175 Å². The highest BCUT2D eigenvalue weighted by molar-refractivity contribution is 5.71. The number of hydrogen-bond donors (Lipinski definition) is 0. The van der Waals surface area contributed by atoms with E-state index in [9.17, 15) is 9.59 Å². The van der Waals surface area contributed by atoms with Gasteiger partial charge in [0.2, 0.25) is 5.60 Å². The van der Waals surface area contributed by atoms with E-state index in [2.05, 4.69) is 4.98 Å². The van der Waals surface area contributed by atoms with E-state index >= 15 is 0 Å². The minimum absolute atomic E-state index is 0.367.